The normalized spacial score (nSPS) is 10.2. The Morgan fingerprint density at radius 3 is 2.65 bits per heavy atom. The number of nitrogens with two attached hydrogens (primary N) is 1. The summed E-state index contributed by atoms with van der Waals surface area (Å²) in [5.74, 6) is 5.91. The van der Waals surface area contributed by atoms with Crippen molar-refractivity contribution < 1.29 is 4.74 Å². The van der Waals surface area contributed by atoms with Crippen LogP contribution in [0.1, 0.15) is 12.5 Å². The van der Waals surface area contributed by atoms with Crippen LogP contribution in [0.15, 0.2) is 22.7 Å². The van der Waals surface area contributed by atoms with Gasteiger partial charge in [0.1, 0.15) is 0 Å². The first-order chi connectivity index (χ1) is 9.62. The van der Waals surface area contributed by atoms with Crippen LogP contribution in [-0.2, 0) is 0 Å². The summed E-state index contributed by atoms with van der Waals surface area (Å²) in [6.07, 6.45) is 0. The SMILES string of the molecule is CCOc1nc(NN)nc(Nc2ccc(C)cc2Br)n1. The number of rotatable bonds is 5. The summed E-state index contributed by atoms with van der Waals surface area (Å²) >= 11 is 3.48. The number of nitrogens with one attached hydrogen (secondary N) is 2. The van der Waals surface area contributed by atoms with E-state index in [0.29, 0.717) is 12.6 Å². The number of hydrogen-bond acceptors (Lipinski definition) is 7. The van der Waals surface area contributed by atoms with Crippen LogP contribution in [0.25, 0.3) is 0 Å². The third-order valence-electron chi connectivity index (χ3n) is 2.39. The zero-order valence-corrected chi connectivity index (χ0v) is 12.7. The first-order valence-electron chi connectivity index (χ1n) is 6.01. The molecule has 0 amide bonds. The molecule has 0 unspecified atom stereocenters. The first kappa shape index (κ1) is 14.5. The van der Waals surface area contributed by atoms with Crippen molar-refractivity contribution in [3.63, 3.8) is 0 Å². The number of benzene rings is 1. The largest absolute Gasteiger partial charge is 0.464 e. The molecule has 0 saturated heterocycles. The molecule has 0 aliphatic carbocycles. The topological polar surface area (TPSA) is 98.0 Å². The Kier molecular flexibility index (Phi) is 4.70. The van der Waals surface area contributed by atoms with Crippen LogP contribution in [0.5, 0.6) is 6.01 Å². The summed E-state index contributed by atoms with van der Waals surface area (Å²) in [6, 6.07) is 6.12. The molecule has 0 aliphatic rings. The standard InChI is InChI=1S/C12H15BrN6O/c1-3-20-12-17-10(16-11(18-12)19-14)15-9-5-4-7(2)6-8(9)13/h4-6H,3,14H2,1-2H3,(H2,15,16,17,18,19). The minimum absolute atomic E-state index is 0.209. The Balaban J connectivity index is 2.29. The summed E-state index contributed by atoms with van der Waals surface area (Å²) in [5, 5.41) is 3.09. The third kappa shape index (κ3) is 3.55. The van der Waals surface area contributed by atoms with Gasteiger partial charge in [-0.15, -0.1) is 0 Å². The molecule has 4 N–H and O–H groups in total. The van der Waals surface area contributed by atoms with Crippen LogP contribution in [0, 0.1) is 6.92 Å². The lowest BCUT2D eigenvalue weighted by Crippen LogP contribution is -2.13. The molecule has 1 aromatic carbocycles. The lowest BCUT2D eigenvalue weighted by atomic mass is 10.2. The quantitative estimate of drug-likeness (QED) is 0.568. The summed E-state index contributed by atoms with van der Waals surface area (Å²) in [7, 11) is 0. The molecule has 0 saturated carbocycles. The van der Waals surface area contributed by atoms with Crippen LogP contribution >= 0.6 is 15.9 Å². The highest BCUT2D eigenvalue weighted by atomic mass is 79.9. The average molecular weight is 339 g/mol. The molecule has 0 bridgehead atoms. The van der Waals surface area contributed by atoms with E-state index < -0.39 is 0 Å². The van der Waals surface area contributed by atoms with E-state index in [9.17, 15) is 0 Å². The molecule has 2 aromatic rings. The van der Waals surface area contributed by atoms with E-state index in [2.05, 4.69) is 41.6 Å². The maximum atomic E-state index is 5.33. The van der Waals surface area contributed by atoms with E-state index >= 15 is 0 Å². The Labute approximate surface area is 125 Å². The van der Waals surface area contributed by atoms with Gasteiger partial charge in [0, 0.05) is 4.47 Å². The molecule has 0 fully saturated rings. The van der Waals surface area contributed by atoms with Crippen molar-refractivity contribution in [3.8, 4) is 6.01 Å². The molecule has 0 aliphatic heterocycles. The monoisotopic (exact) mass is 338 g/mol. The number of hydrazine groups is 1. The minimum atomic E-state index is 0.209. The van der Waals surface area contributed by atoms with Crippen LogP contribution in [0.2, 0.25) is 0 Å². The number of hydrogen-bond donors (Lipinski definition) is 3. The number of anilines is 3. The predicted molar refractivity (Wildman–Crippen MR) is 81.0 cm³/mol. The Morgan fingerprint density at radius 2 is 2.00 bits per heavy atom. The second-order valence-electron chi connectivity index (χ2n) is 3.95. The molecule has 106 valence electrons. The van der Waals surface area contributed by atoms with Crippen molar-refractivity contribution in [2.24, 2.45) is 5.84 Å². The van der Waals surface area contributed by atoms with E-state index in [1.165, 1.54) is 0 Å². The van der Waals surface area contributed by atoms with Crippen molar-refractivity contribution in [3.05, 3.63) is 28.2 Å². The van der Waals surface area contributed by atoms with Crippen LogP contribution < -0.4 is 21.3 Å². The van der Waals surface area contributed by atoms with E-state index in [0.717, 1.165) is 15.7 Å². The number of nitrogen functional groups attached to an aromatic ring is 1. The number of halogens is 1. The van der Waals surface area contributed by atoms with Crippen molar-refractivity contribution in [1.29, 1.82) is 0 Å². The lowest BCUT2D eigenvalue weighted by Gasteiger charge is -2.10. The summed E-state index contributed by atoms with van der Waals surface area (Å²) in [6.45, 7) is 4.33. The van der Waals surface area contributed by atoms with Gasteiger partial charge in [-0.2, -0.15) is 15.0 Å². The van der Waals surface area contributed by atoms with Gasteiger partial charge >= 0.3 is 6.01 Å². The van der Waals surface area contributed by atoms with Gasteiger partial charge in [-0.05, 0) is 47.5 Å². The lowest BCUT2D eigenvalue weighted by molar-refractivity contribution is 0.312. The molecular weight excluding hydrogens is 324 g/mol. The molecule has 8 heteroatoms. The van der Waals surface area contributed by atoms with Gasteiger partial charge in [-0.1, -0.05) is 6.07 Å². The fourth-order valence-corrected chi connectivity index (χ4v) is 2.10. The van der Waals surface area contributed by atoms with Crippen molar-refractivity contribution in [2.45, 2.75) is 13.8 Å². The van der Waals surface area contributed by atoms with Gasteiger partial charge in [0.15, 0.2) is 0 Å². The summed E-state index contributed by atoms with van der Waals surface area (Å²) in [5.41, 5.74) is 4.37. The van der Waals surface area contributed by atoms with E-state index in [-0.39, 0.29) is 12.0 Å². The first-order valence-corrected chi connectivity index (χ1v) is 6.80. The van der Waals surface area contributed by atoms with Gasteiger partial charge in [-0.3, -0.25) is 5.43 Å². The maximum absolute atomic E-state index is 5.33. The number of ether oxygens (including phenoxy) is 1. The van der Waals surface area contributed by atoms with E-state index in [1.807, 2.05) is 32.0 Å². The van der Waals surface area contributed by atoms with Gasteiger partial charge in [-0.25, -0.2) is 5.84 Å². The Hall–Kier alpha value is -1.93. The van der Waals surface area contributed by atoms with Crippen LogP contribution in [0.4, 0.5) is 17.6 Å². The molecule has 20 heavy (non-hydrogen) atoms. The number of nitrogens with zero attached hydrogens (tertiary/aromatic N) is 3. The zero-order chi connectivity index (χ0) is 14.5. The second kappa shape index (κ2) is 6.49. The minimum Gasteiger partial charge on any atom is -0.464 e. The zero-order valence-electron chi connectivity index (χ0n) is 11.1. The highest BCUT2D eigenvalue weighted by Crippen LogP contribution is 2.26. The van der Waals surface area contributed by atoms with Crippen molar-refractivity contribution >= 4 is 33.5 Å². The highest BCUT2D eigenvalue weighted by molar-refractivity contribution is 9.10. The number of aromatic nitrogens is 3. The van der Waals surface area contributed by atoms with E-state index in [4.69, 9.17) is 10.6 Å². The average Bonchev–Trinajstić information content (AvgIpc) is 2.42. The van der Waals surface area contributed by atoms with Gasteiger partial charge < -0.3 is 10.1 Å². The summed E-state index contributed by atoms with van der Waals surface area (Å²) in [4.78, 5) is 12.3. The van der Waals surface area contributed by atoms with Crippen molar-refractivity contribution in [2.75, 3.05) is 17.3 Å². The smallest absolute Gasteiger partial charge is 0.323 e. The fourth-order valence-electron chi connectivity index (χ4n) is 1.51. The van der Waals surface area contributed by atoms with Crippen LogP contribution in [0.3, 0.4) is 0 Å². The molecular formula is C12H15BrN6O. The molecule has 0 radical (unpaired) electrons. The molecule has 2 rings (SSSR count). The predicted octanol–water partition coefficient (Wildman–Crippen LogP) is 2.37. The molecule has 0 spiro atoms. The van der Waals surface area contributed by atoms with Gasteiger partial charge in [0.2, 0.25) is 11.9 Å². The van der Waals surface area contributed by atoms with E-state index in [1.54, 1.807) is 0 Å². The Bertz CT molecular complexity index is 606. The highest BCUT2D eigenvalue weighted by Gasteiger charge is 2.08. The van der Waals surface area contributed by atoms with Gasteiger partial charge in [0.25, 0.3) is 0 Å². The van der Waals surface area contributed by atoms with Gasteiger partial charge in [0.05, 0.1) is 12.3 Å². The summed E-state index contributed by atoms with van der Waals surface area (Å²) < 4.78 is 6.18. The van der Waals surface area contributed by atoms with Crippen LogP contribution in [-0.4, -0.2) is 21.6 Å². The molecule has 7 nitrogen and oxygen atoms in total. The maximum Gasteiger partial charge on any atom is 0.323 e. The van der Waals surface area contributed by atoms with Crippen molar-refractivity contribution in [1.82, 2.24) is 15.0 Å². The molecule has 1 aromatic heterocycles. The molecule has 1 heterocycles. The number of aryl methyl sites for hydroxylation is 1. The Morgan fingerprint density at radius 1 is 1.25 bits per heavy atom. The fraction of sp³-hybridized carbons (Fsp3) is 0.250. The molecule has 0 atom stereocenters. The third-order valence-corrected chi connectivity index (χ3v) is 3.04. The second-order valence-corrected chi connectivity index (χ2v) is 4.81.